The zero-order valence-electron chi connectivity index (χ0n) is 30.9. The third-order valence-corrected chi connectivity index (χ3v) is 9.94. The second kappa shape index (κ2) is 29.0. The van der Waals surface area contributed by atoms with E-state index in [0.29, 0.717) is 25.7 Å². The zero-order chi connectivity index (χ0) is 35.4. The van der Waals surface area contributed by atoms with Gasteiger partial charge in [-0.05, 0) is 31.6 Å². The number of esters is 2. The molecule has 0 aromatic rings. The average Bonchev–Trinajstić information content (AvgIpc) is 3.34. The first-order chi connectivity index (χ1) is 23.2. The number of Topliss-reactive ketones (excluding diaryl/α,β-unsaturated/α-hetero) is 1. The lowest BCUT2D eigenvalue weighted by Gasteiger charge is -2.18. The molecule has 0 bridgehead atoms. The van der Waals surface area contributed by atoms with Gasteiger partial charge in [-0.1, -0.05) is 142 Å². The van der Waals surface area contributed by atoms with Crippen molar-refractivity contribution in [2.75, 3.05) is 13.2 Å². The maximum Gasteiger partial charge on any atom is 0.305 e. The summed E-state index contributed by atoms with van der Waals surface area (Å²) in [4.78, 5) is 36.5. The van der Waals surface area contributed by atoms with Crippen LogP contribution >= 0.6 is 0 Å². The van der Waals surface area contributed by atoms with Gasteiger partial charge in [0.15, 0.2) is 0 Å². The molecule has 1 aliphatic rings. The molecule has 0 amide bonds. The van der Waals surface area contributed by atoms with Crippen LogP contribution in [0.4, 0.5) is 0 Å². The maximum absolute atomic E-state index is 12.5. The molecule has 1 fully saturated rings. The topological polar surface area (TPSA) is 130 Å². The van der Waals surface area contributed by atoms with E-state index in [0.717, 1.165) is 63.7 Å². The SMILES string of the molecule is CCCCC[C@H](O)/C=C/[C@H]1[C@H](O)CC(=O)[C@@H]1CCCCCCC(=O)OC[C@@H](O)COC(=O)CCCCCCCCCCCCC(C)CC. The number of ketones is 1. The van der Waals surface area contributed by atoms with Crippen molar-refractivity contribution in [1.82, 2.24) is 0 Å². The molecule has 48 heavy (non-hydrogen) atoms. The molecule has 0 saturated heterocycles. The van der Waals surface area contributed by atoms with E-state index in [2.05, 4.69) is 20.8 Å². The Labute approximate surface area is 292 Å². The largest absolute Gasteiger partial charge is 0.463 e. The van der Waals surface area contributed by atoms with Gasteiger partial charge in [0.1, 0.15) is 25.1 Å². The molecule has 8 nitrogen and oxygen atoms in total. The maximum atomic E-state index is 12.5. The lowest BCUT2D eigenvalue weighted by atomic mass is 9.88. The van der Waals surface area contributed by atoms with E-state index in [-0.39, 0.29) is 49.6 Å². The summed E-state index contributed by atoms with van der Waals surface area (Å²) in [5.74, 6) is -0.241. The van der Waals surface area contributed by atoms with Crippen molar-refractivity contribution in [2.45, 2.75) is 193 Å². The molecule has 280 valence electrons. The summed E-state index contributed by atoms with van der Waals surface area (Å²) in [5, 5.41) is 30.6. The van der Waals surface area contributed by atoms with E-state index in [4.69, 9.17) is 9.47 Å². The molecule has 0 aromatic heterocycles. The van der Waals surface area contributed by atoms with Crippen LogP contribution in [0.1, 0.15) is 175 Å². The number of hydrogen-bond acceptors (Lipinski definition) is 8. The molecular weight excluding hydrogens is 608 g/mol. The van der Waals surface area contributed by atoms with Crippen molar-refractivity contribution >= 4 is 17.7 Å². The van der Waals surface area contributed by atoms with Gasteiger partial charge in [-0.3, -0.25) is 14.4 Å². The number of carbonyl (C=O) groups is 3. The van der Waals surface area contributed by atoms with E-state index in [1.165, 1.54) is 57.8 Å². The highest BCUT2D eigenvalue weighted by molar-refractivity contribution is 5.84. The molecule has 8 heteroatoms. The third-order valence-electron chi connectivity index (χ3n) is 9.94. The van der Waals surface area contributed by atoms with E-state index >= 15 is 0 Å². The summed E-state index contributed by atoms with van der Waals surface area (Å²) in [7, 11) is 0. The number of aliphatic hydroxyl groups excluding tert-OH is 3. The first-order valence-electron chi connectivity index (χ1n) is 19.7. The smallest absolute Gasteiger partial charge is 0.305 e. The van der Waals surface area contributed by atoms with Crippen molar-refractivity contribution < 1.29 is 39.2 Å². The number of rotatable bonds is 31. The van der Waals surface area contributed by atoms with Crippen molar-refractivity contribution in [3.05, 3.63) is 12.2 Å². The minimum absolute atomic E-state index is 0.0832. The Hall–Kier alpha value is -1.77. The highest BCUT2D eigenvalue weighted by Crippen LogP contribution is 2.34. The minimum atomic E-state index is -1.04. The predicted octanol–water partition coefficient (Wildman–Crippen LogP) is 8.57. The molecule has 0 radical (unpaired) electrons. The highest BCUT2D eigenvalue weighted by atomic mass is 16.6. The van der Waals surface area contributed by atoms with Gasteiger partial charge in [0, 0.05) is 31.1 Å². The molecule has 0 aromatic carbocycles. The lowest BCUT2D eigenvalue weighted by Crippen LogP contribution is -2.25. The molecule has 0 heterocycles. The molecule has 6 atom stereocenters. The minimum Gasteiger partial charge on any atom is -0.463 e. The Morgan fingerprint density at radius 2 is 1.25 bits per heavy atom. The number of unbranched alkanes of at least 4 members (excludes halogenated alkanes) is 14. The summed E-state index contributed by atoms with van der Waals surface area (Å²) < 4.78 is 10.3. The summed E-state index contributed by atoms with van der Waals surface area (Å²) in [6.45, 7) is 6.36. The molecule has 1 unspecified atom stereocenters. The van der Waals surface area contributed by atoms with Gasteiger partial charge < -0.3 is 24.8 Å². The number of hydrogen-bond donors (Lipinski definition) is 3. The quantitative estimate of drug-likeness (QED) is 0.0377. The van der Waals surface area contributed by atoms with Crippen molar-refractivity contribution in [1.29, 1.82) is 0 Å². The van der Waals surface area contributed by atoms with Crippen molar-refractivity contribution in [2.24, 2.45) is 17.8 Å². The molecule has 3 N–H and O–H groups in total. The molecule has 0 aliphatic heterocycles. The Morgan fingerprint density at radius 1 is 0.750 bits per heavy atom. The van der Waals surface area contributed by atoms with Crippen molar-refractivity contribution in [3.8, 4) is 0 Å². The Balaban J connectivity index is 2.02. The van der Waals surface area contributed by atoms with Gasteiger partial charge >= 0.3 is 11.9 Å². The van der Waals surface area contributed by atoms with Gasteiger partial charge in [0.25, 0.3) is 0 Å². The number of aliphatic hydroxyl groups is 3. The molecular formula is C40H72O8. The highest BCUT2D eigenvalue weighted by Gasteiger charge is 2.39. The second-order valence-corrected chi connectivity index (χ2v) is 14.4. The first kappa shape index (κ1) is 44.3. The molecule has 0 spiro atoms. The Bertz CT molecular complexity index is 858. The van der Waals surface area contributed by atoms with Gasteiger partial charge in [-0.15, -0.1) is 0 Å². The van der Waals surface area contributed by atoms with Gasteiger partial charge in [0.2, 0.25) is 0 Å². The van der Waals surface area contributed by atoms with Crippen LogP contribution in [0.3, 0.4) is 0 Å². The first-order valence-corrected chi connectivity index (χ1v) is 19.7. The van der Waals surface area contributed by atoms with E-state index in [1.807, 2.05) is 6.08 Å². The lowest BCUT2D eigenvalue weighted by molar-refractivity contribution is -0.152. The van der Waals surface area contributed by atoms with E-state index in [9.17, 15) is 29.7 Å². The van der Waals surface area contributed by atoms with Crippen LogP contribution in [0.15, 0.2) is 12.2 Å². The summed E-state index contributed by atoms with van der Waals surface area (Å²) in [5.41, 5.74) is 0. The van der Waals surface area contributed by atoms with Crippen LogP contribution in [0, 0.1) is 17.8 Å². The van der Waals surface area contributed by atoms with Crippen LogP contribution in [-0.2, 0) is 23.9 Å². The normalized spacial score (nSPS) is 19.9. The standard InChI is InChI=1S/C40H72O8/c1-4-6-17-23-33(41)27-28-36-35(37(43)29-38(36)44)24-19-15-16-21-26-40(46)48-31-34(42)30-47-39(45)25-20-14-12-10-8-7-9-11-13-18-22-32(3)5-2/h27-28,32-36,38,41-42,44H,4-26,29-31H2,1-3H3/b28-27+/t32?,33-,34-,35+,36+,38+/m0/s1. The summed E-state index contributed by atoms with van der Waals surface area (Å²) >= 11 is 0. The van der Waals surface area contributed by atoms with Crippen LogP contribution in [0.5, 0.6) is 0 Å². The molecule has 1 rings (SSSR count). The average molecular weight is 681 g/mol. The number of carbonyl (C=O) groups excluding carboxylic acids is 3. The molecule has 1 saturated carbocycles. The van der Waals surface area contributed by atoms with Gasteiger partial charge in [-0.2, -0.15) is 0 Å². The van der Waals surface area contributed by atoms with Gasteiger partial charge in [-0.25, -0.2) is 0 Å². The summed E-state index contributed by atoms with van der Waals surface area (Å²) in [6, 6.07) is 0. The number of ether oxygens (including phenoxy) is 2. The summed E-state index contributed by atoms with van der Waals surface area (Å²) in [6.07, 6.45) is 24.5. The van der Waals surface area contributed by atoms with E-state index in [1.54, 1.807) is 6.08 Å². The fourth-order valence-corrected chi connectivity index (χ4v) is 6.49. The predicted molar refractivity (Wildman–Crippen MR) is 192 cm³/mol. The fraction of sp³-hybridized carbons (Fsp3) is 0.875. The molecule has 1 aliphatic carbocycles. The van der Waals surface area contributed by atoms with Crippen LogP contribution in [0.25, 0.3) is 0 Å². The monoisotopic (exact) mass is 681 g/mol. The van der Waals surface area contributed by atoms with Crippen LogP contribution in [0.2, 0.25) is 0 Å². The van der Waals surface area contributed by atoms with Crippen LogP contribution < -0.4 is 0 Å². The van der Waals surface area contributed by atoms with E-state index < -0.39 is 24.3 Å². The zero-order valence-corrected chi connectivity index (χ0v) is 30.9. The van der Waals surface area contributed by atoms with Crippen LogP contribution in [-0.4, -0.2) is 64.6 Å². The van der Waals surface area contributed by atoms with Crippen molar-refractivity contribution in [3.63, 3.8) is 0 Å². The fourth-order valence-electron chi connectivity index (χ4n) is 6.49. The Kier molecular flexibility index (Phi) is 26.7. The van der Waals surface area contributed by atoms with Gasteiger partial charge in [0.05, 0.1) is 12.2 Å². The second-order valence-electron chi connectivity index (χ2n) is 14.4. The Morgan fingerprint density at radius 3 is 1.79 bits per heavy atom. The third kappa shape index (κ3) is 22.8.